The molecule has 3 heterocycles. The van der Waals surface area contributed by atoms with Crippen LogP contribution in [0.25, 0.3) is 11.5 Å². The summed E-state index contributed by atoms with van der Waals surface area (Å²) in [5.74, 6) is 0.662. The number of hydrogen-bond donors (Lipinski definition) is 0. The lowest BCUT2D eigenvalue weighted by atomic mass is 10.3. The third kappa shape index (κ3) is 3.25. The Balaban J connectivity index is 1.94. The van der Waals surface area contributed by atoms with Crippen LogP contribution in [0.15, 0.2) is 59.4 Å². The summed E-state index contributed by atoms with van der Waals surface area (Å²) >= 11 is 1.32. The van der Waals surface area contributed by atoms with Gasteiger partial charge in [0.25, 0.3) is 0 Å². The van der Waals surface area contributed by atoms with E-state index >= 15 is 0 Å². The van der Waals surface area contributed by atoms with E-state index in [1.165, 1.54) is 11.8 Å². The molecule has 0 atom stereocenters. The highest BCUT2D eigenvalue weighted by Crippen LogP contribution is 2.27. The molecular formula is C15H11N7S. The standard InChI is InChI=1S/C15H11N7S/c1-2-9-22-14(12-5-3-4-8-17-12)20-21-15(22)23-13-7-6-11(10-16)18-19-13/h2-8H,1,9H2. The van der Waals surface area contributed by atoms with E-state index in [9.17, 15) is 0 Å². The molecule has 3 rings (SSSR count). The lowest BCUT2D eigenvalue weighted by Gasteiger charge is -2.06. The molecule has 0 aliphatic carbocycles. The van der Waals surface area contributed by atoms with E-state index in [1.54, 1.807) is 24.4 Å². The highest BCUT2D eigenvalue weighted by Gasteiger charge is 2.15. The summed E-state index contributed by atoms with van der Waals surface area (Å²) < 4.78 is 1.90. The Kier molecular flexibility index (Phi) is 4.40. The fourth-order valence-corrected chi connectivity index (χ4v) is 2.63. The zero-order chi connectivity index (χ0) is 16.1. The van der Waals surface area contributed by atoms with E-state index in [4.69, 9.17) is 5.26 Å². The first-order chi connectivity index (χ1) is 11.3. The van der Waals surface area contributed by atoms with Crippen LogP contribution in [-0.4, -0.2) is 29.9 Å². The number of rotatable bonds is 5. The average molecular weight is 321 g/mol. The minimum Gasteiger partial charge on any atom is -0.297 e. The SMILES string of the molecule is C=CCn1c(Sc2ccc(C#N)nn2)nnc1-c1ccccn1. The summed E-state index contributed by atoms with van der Waals surface area (Å²) in [5, 5.41) is 26.3. The zero-order valence-corrected chi connectivity index (χ0v) is 12.8. The minimum absolute atomic E-state index is 0.274. The first kappa shape index (κ1) is 14.9. The van der Waals surface area contributed by atoms with Crippen molar-refractivity contribution < 1.29 is 0 Å². The quantitative estimate of drug-likeness (QED) is 0.666. The molecule has 8 heteroatoms. The van der Waals surface area contributed by atoms with E-state index in [-0.39, 0.29) is 5.69 Å². The molecule has 23 heavy (non-hydrogen) atoms. The molecule has 7 nitrogen and oxygen atoms in total. The molecule has 3 aromatic rings. The minimum atomic E-state index is 0.274. The van der Waals surface area contributed by atoms with Gasteiger partial charge in [0, 0.05) is 12.7 Å². The maximum atomic E-state index is 8.76. The molecule has 0 radical (unpaired) electrons. The van der Waals surface area contributed by atoms with Crippen LogP contribution in [0.3, 0.4) is 0 Å². The van der Waals surface area contributed by atoms with E-state index in [1.807, 2.05) is 28.8 Å². The molecule has 0 fully saturated rings. The summed E-state index contributed by atoms with van der Waals surface area (Å²) in [6, 6.07) is 10.9. The topological polar surface area (TPSA) is 93.2 Å². The van der Waals surface area contributed by atoms with Gasteiger partial charge < -0.3 is 0 Å². The molecule has 112 valence electrons. The van der Waals surface area contributed by atoms with Gasteiger partial charge in [-0.2, -0.15) is 5.26 Å². The average Bonchev–Trinajstić information content (AvgIpc) is 2.99. The Morgan fingerprint density at radius 1 is 1.17 bits per heavy atom. The molecule has 0 aliphatic heterocycles. The highest BCUT2D eigenvalue weighted by atomic mass is 32.2. The maximum absolute atomic E-state index is 8.76. The van der Waals surface area contributed by atoms with Crippen molar-refractivity contribution in [3.8, 4) is 17.6 Å². The molecule has 0 saturated heterocycles. The first-order valence-corrected chi connectivity index (χ1v) is 7.50. The van der Waals surface area contributed by atoms with Gasteiger partial charge in [0.1, 0.15) is 16.8 Å². The number of hydrogen-bond acceptors (Lipinski definition) is 7. The van der Waals surface area contributed by atoms with Crippen LogP contribution in [-0.2, 0) is 6.54 Å². The third-order valence-corrected chi connectivity index (χ3v) is 3.78. The predicted molar refractivity (Wildman–Crippen MR) is 84.3 cm³/mol. The van der Waals surface area contributed by atoms with Crippen LogP contribution in [0.4, 0.5) is 0 Å². The summed E-state index contributed by atoms with van der Waals surface area (Å²) in [6.45, 7) is 4.32. The molecule has 0 bridgehead atoms. The van der Waals surface area contributed by atoms with Gasteiger partial charge in [-0.3, -0.25) is 9.55 Å². The van der Waals surface area contributed by atoms with Gasteiger partial charge in [-0.25, -0.2) is 0 Å². The summed E-state index contributed by atoms with van der Waals surface area (Å²) in [7, 11) is 0. The maximum Gasteiger partial charge on any atom is 0.198 e. The van der Waals surface area contributed by atoms with Gasteiger partial charge >= 0.3 is 0 Å². The molecule has 0 saturated carbocycles. The molecule has 0 unspecified atom stereocenters. The Hall–Kier alpha value is -3.05. The molecule has 0 aliphatic rings. The van der Waals surface area contributed by atoms with Gasteiger partial charge in [0.05, 0.1) is 0 Å². The molecular weight excluding hydrogens is 310 g/mol. The second kappa shape index (κ2) is 6.81. The number of nitrogens with zero attached hydrogens (tertiary/aromatic N) is 7. The summed E-state index contributed by atoms with van der Waals surface area (Å²) in [5.41, 5.74) is 1.01. The van der Waals surface area contributed by atoms with Crippen molar-refractivity contribution in [2.75, 3.05) is 0 Å². The highest BCUT2D eigenvalue weighted by molar-refractivity contribution is 7.99. The fraction of sp³-hybridized carbons (Fsp3) is 0.0667. The first-order valence-electron chi connectivity index (χ1n) is 6.69. The second-order valence-corrected chi connectivity index (χ2v) is 5.38. The van der Waals surface area contributed by atoms with Crippen LogP contribution in [0.5, 0.6) is 0 Å². The van der Waals surface area contributed by atoms with Crippen molar-refractivity contribution in [2.24, 2.45) is 0 Å². The van der Waals surface area contributed by atoms with E-state index in [0.717, 1.165) is 5.69 Å². The second-order valence-electron chi connectivity index (χ2n) is 4.39. The number of nitriles is 1. The van der Waals surface area contributed by atoms with Crippen molar-refractivity contribution in [3.63, 3.8) is 0 Å². The lowest BCUT2D eigenvalue weighted by Crippen LogP contribution is -2.01. The number of allylic oxidation sites excluding steroid dienone is 1. The van der Waals surface area contributed by atoms with Crippen LogP contribution in [0.2, 0.25) is 0 Å². The largest absolute Gasteiger partial charge is 0.297 e. The van der Waals surface area contributed by atoms with E-state index in [2.05, 4.69) is 32.0 Å². The van der Waals surface area contributed by atoms with Gasteiger partial charge in [-0.1, -0.05) is 12.1 Å². The Morgan fingerprint density at radius 3 is 2.74 bits per heavy atom. The van der Waals surface area contributed by atoms with Gasteiger partial charge in [-0.15, -0.1) is 27.0 Å². The van der Waals surface area contributed by atoms with Gasteiger partial charge in [0.15, 0.2) is 16.7 Å². The summed E-state index contributed by atoms with van der Waals surface area (Å²) in [6.07, 6.45) is 3.48. The fourth-order valence-electron chi connectivity index (χ4n) is 1.87. The normalized spacial score (nSPS) is 10.2. The van der Waals surface area contributed by atoms with Crippen molar-refractivity contribution >= 4 is 11.8 Å². The van der Waals surface area contributed by atoms with Gasteiger partial charge in [-0.05, 0) is 36.0 Å². The van der Waals surface area contributed by atoms with E-state index < -0.39 is 0 Å². The Bertz CT molecular complexity index is 850. The molecule has 0 aromatic carbocycles. The van der Waals surface area contributed by atoms with Gasteiger partial charge in [0.2, 0.25) is 0 Å². The molecule has 3 aromatic heterocycles. The van der Waals surface area contributed by atoms with E-state index in [0.29, 0.717) is 22.6 Å². The van der Waals surface area contributed by atoms with Crippen LogP contribution < -0.4 is 0 Å². The van der Waals surface area contributed by atoms with Crippen molar-refractivity contribution in [1.82, 2.24) is 29.9 Å². The Morgan fingerprint density at radius 2 is 2.09 bits per heavy atom. The Labute approximate surface area is 136 Å². The smallest absolute Gasteiger partial charge is 0.198 e. The number of pyridine rings is 1. The molecule has 0 spiro atoms. The molecule has 0 N–H and O–H groups in total. The predicted octanol–water partition coefficient (Wildman–Crippen LogP) is 2.34. The van der Waals surface area contributed by atoms with Crippen molar-refractivity contribution in [1.29, 1.82) is 5.26 Å². The van der Waals surface area contributed by atoms with Crippen molar-refractivity contribution in [2.45, 2.75) is 16.7 Å². The van der Waals surface area contributed by atoms with Crippen molar-refractivity contribution in [3.05, 3.63) is 54.9 Å². The zero-order valence-electron chi connectivity index (χ0n) is 12.0. The summed E-state index contributed by atoms with van der Waals surface area (Å²) in [4.78, 5) is 4.30. The van der Waals surface area contributed by atoms with Crippen LogP contribution in [0.1, 0.15) is 5.69 Å². The molecule has 0 amide bonds. The third-order valence-electron chi connectivity index (χ3n) is 2.87. The monoisotopic (exact) mass is 321 g/mol. The van der Waals surface area contributed by atoms with Crippen LogP contribution in [0, 0.1) is 11.3 Å². The number of aromatic nitrogens is 6. The lowest BCUT2D eigenvalue weighted by molar-refractivity contribution is 0.727. The van der Waals surface area contributed by atoms with Crippen LogP contribution >= 0.6 is 11.8 Å².